The van der Waals surface area contributed by atoms with Gasteiger partial charge in [-0.15, -0.1) is 0 Å². The highest BCUT2D eigenvalue weighted by atomic mass is 19.4. The fourth-order valence-electron chi connectivity index (χ4n) is 4.78. The van der Waals surface area contributed by atoms with Crippen molar-refractivity contribution in [3.05, 3.63) is 95.2 Å². The second-order valence-corrected chi connectivity index (χ2v) is 9.90. The number of aryl methyl sites for hydroxylation is 1. The number of halogens is 3. The van der Waals surface area contributed by atoms with Gasteiger partial charge in [0.2, 0.25) is 0 Å². The van der Waals surface area contributed by atoms with Gasteiger partial charge in [0.25, 0.3) is 5.91 Å². The van der Waals surface area contributed by atoms with Gasteiger partial charge in [-0.1, -0.05) is 24.3 Å². The van der Waals surface area contributed by atoms with E-state index in [0.717, 1.165) is 59.8 Å². The molecule has 1 fully saturated rings. The third-order valence-corrected chi connectivity index (χ3v) is 6.98. The first-order chi connectivity index (χ1) is 18.2. The molecular weight excluding hydrogens is 489 g/mol. The molecule has 196 valence electrons. The van der Waals surface area contributed by atoms with E-state index >= 15 is 0 Å². The molecule has 5 rings (SSSR count). The number of carbonyl (C=O) groups is 1. The lowest BCUT2D eigenvalue weighted by Crippen LogP contribution is -2.43. The number of fused-ring (bicyclic) bond motifs is 1. The van der Waals surface area contributed by atoms with Crippen LogP contribution in [0.5, 0.6) is 0 Å². The molecule has 1 amide bonds. The van der Waals surface area contributed by atoms with Gasteiger partial charge in [-0.25, -0.2) is 0 Å². The van der Waals surface area contributed by atoms with Gasteiger partial charge in [0.1, 0.15) is 0 Å². The number of hydrogen-bond donors (Lipinski definition) is 1. The molecule has 38 heavy (non-hydrogen) atoms. The van der Waals surface area contributed by atoms with Crippen LogP contribution in [0.3, 0.4) is 0 Å². The van der Waals surface area contributed by atoms with Crippen LogP contribution in [0.1, 0.15) is 27.0 Å². The summed E-state index contributed by atoms with van der Waals surface area (Å²) in [6, 6.07) is 18.9. The number of amides is 1. The second-order valence-electron chi connectivity index (χ2n) is 9.90. The first-order valence-corrected chi connectivity index (χ1v) is 12.5. The lowest BCUT2D eigenvalue weighted by Gasteiger charge is -2.32. The lowest BCUT2D eigenvalue weighted by molar-refractivity contribution is -0.137. The molecule has 0 radical (unpaired) electrons. The van der Waals surface area contributed by atoms with Crippen LogP contribution in [0.25, 0.3) is 22.0 Å². The molecule has 0 atom stereocenters. The Morgan fingerprint density at radius 1 is 0.974 bits per heavy atom. The Morgan fingerprint density at radius 2 is 1.74 bits per heavy atom. The summed E-state index contributed by atoms with van der Waals surface area (Å²) in [7, 11) is 2.03. The van der Waals surface area contributed by atoms with Gasteiger partial charge in [0.15, 0.2) is 0 Å². The molecule has 0 saturated carbocycles. The smallest absolute Gasteiger partial charge is 0.322 e. The van der Waals surface area contributed by atoms with Crippen LogP contribution in [-0.4, -0.2) is 53.9 Å². The third-order valence-electron chi connectivity index (χ3n) is 6.98. The van der Waals surface area contributed by atoms with Crippen LogP contribution in [0.4, 0.5) is 18.9 Å². The number of nitrogens with one attached hydrogen (secondary N) is 1. The standard InChI is InChI=1S/C30H29F3N4O/c1-20-7-8-23(16-27(20)24-15-22-5-3-4-6-28(22)34-18-24)29(38)35-26-14-21(13-25(17-26)30(31,32)33)19-37-11-9-36(2)10-12-37/h3-8,13-18H,9-12,19H2,1-2H3,(H,35,38). The van der Waals surface area contributed by atoms with Crippen molar-refractivity contribution in [2.24, 2.45) is 0 Å². The Balaban J connectivity index is 1.41. The Morgan fingerprint density at radius 3 is 2.50 bits per heavy atom. The number of likely N-dealkylation sites (N-methyl/N-ethyl adjacent to an activating group) is 1. The van der Waals surface area contributed by atoms with Gasteiger partial charge in [0, 0.05) is 61.1 Å². The molecular formula is C30H29F3N4O. The summed E-state index contributed by atoms with van der Waals surface area (Å²) in [5.41, 5.74) is 3.78. The van der Waals surface area contributed by atoms with Gasteiger partial charge in [0.05, 0.1) is 11.1 Å². The van der Waals surface area contributed by atoms with E-state index in [1.165, 1.54) is 6.07 Å². The van der Waals surface area contributed by atoms with Crippen molar-refractivity contribution in [1.29, 1.82) is 0 Å². The number of aromatic nitrogens is 1. The van der Waals surface area contributed by atoms with Crippen LogP contribution in [-0.2, 0) is 12.7 Å². The van der Waals surface area contributed by atoms with Gasteiger partial charge >= 0.3 is 6.18 Å². The van der Waals surface area contributed by atoms with Crippen LogP contribution in [0.15, 0.2) is 72.9 Å². The molecule has 3 aromatic carbocycles. The van der Waals surface area contributed by atoms with Crippen molar-refractivity contribution >= 4 is 22.5 Å². The minimum atomic E-state index is -4.52. The molecule has 0 spiro atoms. The van der Waals surface area contributed by atoms with Gasteiger partial charge in [-0.05, 0) is 73.1 Å². The summed E-state index contributed by atoms with van der Waals surface area (Å²) in [6.45, 7) is 5.64. The van der Waals surface area contributed by atoms with E-state index in [-0.39, 0.29) is 5.69 Å². The van der Waals surface area contributed by atoms with Crippen molar-refractivity contribution in [2.45, 2.75) is 19.6 Å². The van der Waals surface area contributed by atoms with Crippen molar-refractivity contribution in [1.82, 2.24) is 14.8 Å². The molecule has 0 bridgehead atoms. The summed E-state index contributed by atoms with van der Waals surface area (Å²) < 4.78 is 41.1. The third kappa shape index (κ3) is 5.87. The van der Waals surface area contributed by atoms with E-state index in [0.29, 0.717) is 17.7 Å². The molecule has 1 aromatic heterocycles. The van der Waals surface area contributed by atoms with E-state index in [9.17, 15) is 18.0 Å². The second kappa shape index (κ2) is 10.6. The number of anilines is 1. The van der Waals surface area contributed by atoms with Crippen molar-refractivity contribution in [2.75, 3.05) is 38.5 Å². The first kappa shape index (κ1) is 25.9. The topological polar surface area (TPSA) is 48.5 Å². The molecule has 2 heterocycles. The number of hydrogen-bond acceptors (Lipinski definition) is 4. The van der Waals surface area contributed by atoms with E-state index in [1.807, 2.05) is 50.4 Å². The summed E-state index contributed by atoms with van der Waals surface area (Å²) in [5, 5.41) is 3.68. The monoisotopic (exact) mass is 518 g/mol. The highest BCUT2D eigenvalue weighted by Gasteiger charge is 2.31. The molecule has 0 aliphatic carbocycles. The summed E-state index contributed by atoms with van der Waals surface area (Å²) in [6.07, 6.45) is -2.75. The molecule has 0 unspecified atom stereocenters. The molecule has 1 aliphatic rings. The predicted molar refractivity (Wildman–Crippen MR) is 144 cm³/mol. The largest absolute Gasteiger partial charge is 0.416 e. The number of pyridine rings is 1. The Kier molecular flexibility index (Phi) is 7.19. The number of carbonyl (C=O) groups excluding carboxylic acids is 1. The first-order valence-electron chi connectivity index (χ1n) is 12.5. The van der Waals surface area contributed by atoms with Crippen LogP contribution >= 0.6 is 0 Å². The van der Waals surface area contributed by atoms with E-state index < -0.39 is 17.6 Å². The highest BCUT2D eigenvalue weighted by Crippen LogP contribution is 2.33. The van der Waals surface area contributed by atoms with Gasteiger partial charge < -0.3 is 10.2 Å². The van der Waals surface area contributed by atoms with E-state index in [4.69, 9.17) is 0 Å². The average molecular weight is 519 g/mol. The number of rotatable bonds is 5. The Bertz CT molecular complexity index is 1480. The fourth-order valence-corrected chi connectivity index (χ4v) is 4.78. The maximum absolute atomic E-state index is 13.7. The van der Waals surface area contributed by atoms with Crippen LogP contribution < -0.4 is 5.32 Å². The molecule has 4 aromatic rings. The Labute approximate surface area is 219 Å². The summed E-state index contributed by atoms with van der Waals surface area (Å²) in [5.74, 6) is -0.468. The molecule has 1 saturated heterocycles. The zero-order valence-corrected chi connectivity index (χ0v) is 21.3. The zero-order chi connectivity index (χ0) is 26.9. The molecule has 8 heteroatoms. The fraction of sp³-hybridized carbons (Fsp3) is 0.267. The van der Waals surface area contributed by atoms with Crippen LogP contribution in [0.2, 0.25) is 0 Å². The number of nitrogens with zero attached hydrogens (tertiary/aromatic N) is 3. The van der Waals surface area contributed by atoms with Crippen molar-refractivity contribution in [3.63, 3.8) is 0 Å². The van der Waals surface area contributed by atoms with Gasteiger partial charge in [-0.2, -0.15) is 13.2 Å². The van der Waals surface area contributed by atoms with E-state index in [2.05, 4.69) is 20.1 Å². The predicted octanol–water partition coefficient (Wildman–Crippen LogP) is 6.23. The maximum atomic E-state index is 13.7. The maximum Gasteiger partial charge on any atom is 0.416 e. The number of piperazine rings is 1. The SMILES string of the molecule is Cc1ccc(C(=O)Nc2cc(CN3CCN(C)CC3)cc(C(F)(F)F)c2)cc1-c1cnc2ccccc2c1. The molecule has 5 nitrogen and oxygen atoms in total. The van der Waals surface area contributed by atoms with E-state index in [1.54, 1.807) is 24.4 Å². The lowest BCUT2D eigenvalue weighted by atomic mass is 9.98. The summed E-state index contributed by atoms with van der Waals surface area (Å²) in [4.78, 5) is 22.0. The number of para-hydroxylation sites is 1. The zero-order valence-electron chi connectivity index (χ0n) is 21.3. The quantitative estimate of drug-likeness (QED) is 0.340. The molecule has 1 N–H and O–H groups in total. The van der Waals surface area contributed by atoms with Gasteiger partial charge in [-0.3, -0.25) is 14.7 Å². The minimum Gasteiger partial charge on any atom is -0.322 e. The number of alkyl halides is 3. The highest BCUT2D eigenvalue weighted by molar-refractivity contribution is 6.05. The normalized spacial score (nSPS) is 15.1. The minimum absolute atomic E-state index is 0.128. The van der Waals surface area contributed by atoms with Crippen LogP contribution in [0, 0.1) is 6.92 Å². The average Bonchev–Trinajstić information content (AvgIpc) is 2.89. The summed E-state index contributed by atoms with van der Waals surface area (Å²) >= 11 is 0. The molecule has 1 aliphatic heterocycles. The van der Waals surface area contributed by atoms with Crippen molar-refractivity contribution in [3.8, 4) is 11.1 Å². The Hall–Kier alpha value is -3.75. The number of benzene rings is 3. The van der Waals surface area contributed by atoms with Crippen molar-refractivity contribution < 1.29 is 18.0 Å².